The van der Waals surface area contributed by atoms with Crippen LogP contribution in [-0.2, 0) is 10.0 Å². The highest BCUT2D eigenvalue weighted by Crippen LogP contribution is 2.13. The third-order valence-electron chi connectivity index (χ3n) is 3.38. The molecule has 1 fully saturated rings. The van der Waals surface area contributed by atoms with Crippen LogP contribution in [0.15, 0.2) is 18.6 Å². The Morgan fingerprint density at radius 2 is 2.10 bits per heavy atom. The molecule has 2 rings (SSSR count). The smallest absolute Gasteiger partial charge is 0.274 e. The Hall–Kier alpha value is -1.54. The van der Waals surface area contributed by atoms with Gasteiger partial charge in [0.25, 0.3) is 5.91 Å². The Balaban J connectivity index is 1.88. The summed E-state index contributed by atoms with van der Waals surface area (Å²) in [5.74, 6) is -0.0101. The molecule has 1 aromatic rings. The maximum absolute atomic E-state index is 12.2. The van der Waals surface area contributed by atoms with Crippen molar-refractivity contribution in [2.24, 2.45) is 0 Å². The van der Waals surface area contributed by atoms with Crippen LogP contribution < -0.4 is 4.72 Å². The van der Waals surface area contributed by atoms with Crippen LogP contribution in [0.3, 0.4) is 0 Å². The van der Waals surface area contributed by atoms with Crippen molar-refractivity contribution in [3.8, 4) is 0 Å². The lowest BCUT2D eigenvalue weighted by Crippen LogP contribution is -2.47. The van der Waals surface area contributed by atoms with Crippen molar-refractivity contribution in [3.63, 3.8) is 0 Å². The number of amides is 1. The van der Waals surface area contributed by atoms with Gasteiger partial charge in [0, 0.05) is 31.5 Å². The van der Waals surface area contributed by atoms with E-state index in [1.807, 2.05) is 6.92 Å². The van der Waals surface area contributed by atoms with Crippen molar-refractivity contribution in [1.82, 2.24) is 19.6 Å². The quantitative estimate of drug-likeness (QED) is 0.850. The van der Waals surface area contributed by atoms with Gasteiger partial charge in [-0.2, -0.15) is 0 Å². The summed E-state index contributed by atoms with van der Waals surface area (Å²) in [6.07, 6.45) is 6.28. The van der Waals surface area contributed by atoms with Crippen molar-refractivity contribution in [2.75, 3.05) is 18.8 Å². The van der Waals surface area contributed by atoms with E-state index in [2.05, 4.69) is 14.7 Å². The van der Waals surface area contributed by atoms with Gasteiger partial charge in [-0.05, 0) is 19.3 Å². The summed E-state index contributed by atoms with van der Waals surface area (Å²) in [5, 5.41) is 0. The SMILES string of the molecule is CCCS(=O)(=O)NC1CCN(C(=O)c2cnccn2)CC1. The summed E-state index contributed by atoms with van der Waals surface area (Å²) in [7, 11) is -3.20. The summed E-state index contributed by atoms with van der Waals surface area (Å²) in [4.78, 5) is 21.7. The van der Waals surface area contributed by atoms with Gasteiger partial charge >= 0.3 is 0 Å². The molecule has 1 aliphatic rings. The predicted octanol–water partition coefficient (Wildman–Crippen LogP) is 0.411. The van der Waals surface area contributed by atoms with Gasteiger partial charge in [0.05, 0.1) is 11.9 Å². The lowest BCUT2D eigenvalue weighted by atomic mass is 10.1. The maximum Gasteiger partial charge on any atom is 0.274 e. The lowest BCUT2D eigenvalue weighted by molar-refractivity contribution is 0.0705. The number of rotatable bonds is 5. The Labute approximate surface area is 124 Å². The van der Waals surface area contributed by atoms with Crippen molar-refractivity contribution < 1.29 is 13.2 Å². The van der Waals surface area contributed by atoms with E-state index in [4.69, 9.17) is 0 Å². The van der Waals surface area contributed by atoms with Gasteiger partial charge < -0.3 is 4.90 Å². The average molecular weight is 312 g/mol. The number of aromatic nitrogens is 2. The molecule has 1 saturated heterocycles. The van der Waals surface area contributed by atoms with E-state index in [1.165, 1.54) is 18.6 Å². The molecule has 0 saturated carbocycles. The van der Waals surface area contributed by atoms with E-state index in [0.29, 0.717) is 38.0 Å². The first-order valence-corrected chi connectivity index (χ1v) is 8.72. The van der Waals surface area contributed by atoms with E-state index in [1.54, 1.807) is 4.90 Å². The van der Waals surface area contributed by atoms with Crippen LogP contribution in [0, 0.1) is 0 Å². The van der Waals surface area contributed by atoms with Crippen LogP contribution in [0.4, 0.5) is 0 Å². The molecule has 1 N–H and O–H groups in total. The summed E-state index contributed by atoms with van der Waals surface area (Å²) in [6, 6.07) is -0.0903. The first-order valence-electron chi connectivity index (χ1n) is 7.07. The molecule has 0 atom stereocenters. The van der Waals surface area contributed by atoms with E-state index >= 15 is 0 Å². The minimum atomic E-state index is -3.20. The normalized spacial score (nSPS) is 16.9. The number of piperidine rings is 1. The summed E-state index contributed by atoms with van der Waals surface area (Å²) in [6.45, 7) is 2.88. The van der Waals surface area contributed by atoms with E-state index in [-0.39, 0.29) is 17.7 Å². The molecule has 0 aromatic carbocycles. The second kappa shape index (κ2) is 6.95. The van der Waals surface area contributed by atoms with E-state index in [9.17, 15) is 13.2 Å². The molecule has 0 aliphatic carbocycles. The van der Waals surface area contributed by atoms with Crippen LogP contribution in [0.5, 0.6) is 0 Å². The van der Waals surface area contributed by atoms with E-state index < -0.39 is 10.0 Å². The fourth-order valence-corrected chi connectivity index (χ4v) is 3.75. The van der Waals surface area contributed by atoms with Gasteiger partial charge in [0.2, 0.25) is 10.0 Å². The number of carbonyl (C=O) groups is 1. The lowest BCUT2D eigenvalue weighted by Gasteiger charge is -2.31. The molecule has 0 bridgehead atoms. The number of nitrogens with one attached hydrogen (secondary N) is 1. The molecule has 0 spiro atoms. The first kappa shape index (κ1) is 15.8. The third kappa shape index (κ3) is 4.47. The minimum absolute atomic E-state index is 0.0903. The summed E-state index contributed by atoms with van der Waals surface area (Å²) >= 11 is 0. The number of hydrogen-bond acceptors (Lipinski definition) is 5. The van der Waals surface area contributed by atoms with Crippen LogP contribution in [0.2, 0.25) is 0 Å². The second-order valence-electron chi connectivity index (χ2n) is 5.09. The van der Waals surface area contributed by atoms with Crippen LogP contribution >= 0.6 is 0 Å². The Kier molecular flexibility index (Phi) is 5.24. The number of nitrogens with zero attached hydrogens (tertiary/aromatic N) is 3. The van der Waals surface area contributed by atoms with Crippen LogP contribution in [0.25, 0.3) is 0 Å². The molecular formula is C13H20N4O3S. The Morgan fingerprint density at radius 3 is 2.67 bits per heavy atom. The molecule has 21 heavy (non-hydrogen) atoms. The minimum Gasteiger partial charge on any atom is -0.337 e. The summed E-state index contributed by atoms with van der Waals surface area (Å²) in [5.41, 5.74) is 0.322. The molecule has 116 valence electrons. The highest BCUT2D eigenvalue weighted by Gasteiger charge is 2.26. The van der Waals surface area contributed by atoms with Crippen LogP contribution in [0.1, 0.15) is 36.7 Å². The van der Waals surface area contributed by atoms with Crippen molar-refractivity contribution in [2.45, 2.75) is 32.2 Å². The monoisotopic (exact) mass is 312 g/mol. The zero-order valence-electron chi connectivity index (χ0n) is 12.0. The maximum atomic E-state index is 12.2. The zero-order chi connectivity index (χ0) is 15.3. The van der Waals surface area contributed by atoms with Gasteiger partial charge in [0.1, 0.15) is 5.69 Å². The highest BCUT2D eigenvalue weighted by atomic mass is 32.2. The van der Waals surface area contributed by atoms with Crippen molar-refractivity contribution in [1.29, 1.82) is 0 Å². The molecular weight excluding hydrogens is 292 g/mol. The number of likely N-dealkylation sites (tertiary alicyclic amines) is 1. The molecule has 0 unspecified atom stereocenters. The van der Waals surface area contributed by atoms with Crippen molar-refractivity contribution >= 4 is 15.9 Å². The van der Waals surface area contributed by atoms with Gasteiger partial charge in [-0.1, -0.05) is 6.92 Å². The van der Waals surface area contributed by atoms with Crippen LogP contribution in [-0.4, -0.2) is 54.1 Å². The zero-order valence-corrected chi connectivity index (χ0v) is 12.8. The number of sulfonamides is 1. The fraction of sp³-hybridized carbons (Fsp3) is 0.615. The third-order valence-corrected chi connectivity index (χ3v) is 5.02. The Bertz CT molecular complexity index is 568. The van der Waals surface area contributed by atoms with Gasteiger partial charge in [0.15, 0.2) is 0 Å². The fourth-order valence-electron chi connectivity index (χ4n) is 2.35. The molecule has 1 aliphatic heterocycles. The van der Waals surface area contributed by atoms with E-state index in [0.717, 1.165) is 0 Å². The molecule has 1 amide bonds. The standard InChI is InChI=1S/C13H20N4O3S/c1-2-9-21(19,20)16-11-3-7-17(8-4-11)13(18)12-10-14-5-6-15-12/h5-6,10-11,16H,2-4,7-9H2,1H3. The topological polar surface area (TPSA) is 92.3 Å². The largest absolute Gasteiger partial charge is 0.337 e. The molecule has 2 heterocycles. The highest BCUT2D eigenvalue weighted by molar-refractivity contribution is 7.89. The second-order valence-corrected chi connectivity index (χ2v) is 6.97. The predicted molar refractivity (Wildman–Crippen MR) is 78.2 cm³/mol. The number of carbonyl (C=O) groups excluding carboxylic acids is 1. The average Bonchev–Trinajstić information content (AvgIpc) is 2.48. The molecule has 7 nitrogen and oxygen atoms in total. The van der Waals surface area contributed by atoms with Crippen molar-refractivity contribution in [3.05, 3.63) is 24.3 Å². The molecule has 1 aromatic heterocycles. The van der Waals surface area contributed by atoms with Gasteiger partial charge in [-0.3, -0.25) is 9.78 Å². The van der Waals surface area contributed by atoms with Gasteiger partial charge in [-0.25, -0.2) is 18.1 Å². The molecule has 0 radical (unpaired) electrons. The Morgan fingerprint density at radius 1 is 1.38 bits per heavy atom. The molecule has 8 heteroatoms. The number of hydrogen-bond donors (Lipinski definition) is 1. The van der Waals surface area contributed by atoms with Gasteiger partial charge in [-0.15, -0.1) is 0 Å². The summed E-state index contributed by atoms with van der Waals surface area (Å²) < 4.78 is 26.2. The first-order chi connectivity index (χ1) is 10.0.